The molecular formula is C12H19N3O2. The molecule has 1 fully saturated rings. The minimum Gasteiger partial charge on any atom is -0.478 e. The van der Waals surface area contributed by atoms with Crippen LogP contribution >= 0.6 is 0 Å². The van der Waals surface area contributed by atoms with Crippen LogP contribution in [-0.4, -0.2) is 34.3 Å². The number of hydrogen-bond acceptors (Lipinski definition) is 5. The summed E-state index contributed by atoms with van der Waals surface area (Å²) in [6.07, 6.45) is 4.14. The average Bonchev–Trinajstić information content (AvgIpc) is 2.31. The van der Waals surface area contributed by atoms with Crippen LogP contribution in [0, 0.1) is 5.92 Å². The zero-order chi connectivity index (χ0) is 12.1. The van der Waals surface area contributed by atoms with Crippen LogP contribution in [0.2, 0.25) is 0 Å². The molecule has 0 unspecified atom stereocenters. The van der Waals surface area contributed by atoms with Crippen molar-refractivity contribution in [2.24, 2.45) is 5.92 Å². The first-order valence-corrected chi connectivity index (χ1v) is 6.14. The molecule has 0 atom stereocenters. The topological polar surface area (TPSA) is 67.3 Å². The molecule has 94 valence electrons. The molecule has 0 saturated heterocycles. The minimum atomic E-state index is -0.101. The number of aliphatic hydroxyl groups is 1. The fraction of sp³-hybridized carbons (Fsp3) is 0.667. The third kappa shape index (κ3) is 3.56. The largest absolute Gasteiger partial charge is 0.478 e. The van der Waals surface area contributed by atoms with Gasteiger partial charge in [-0.15, -0.1) is 0 Å². The molecule has 1 heterocycles. The summed E-state index contributed by atoms with van der Waals surface area (Å²) in [6, 6.07) is 1.81. The monoisotopic (exact) mass is 237 g/mol. The van der Waals surface area contributed by atoms with Crippen molar-refractivity contribution in [2.45, 2.75) is 32.3 Å². The van der Waals surface area contributed by atoms with E-state index in [1.54, 1.807) is 0 Å². The van der Waals surface area contributed by atoms with E-state index in [4.69, 9.17) is 4.74 Å². The van der Waals surface area contributed by atoms with E-state index in [-0.39, 0.29) is 6.10 Å². The van der Waals surface area contributed by atoms with E-state index >= 15 is 0 Å². The molecule has 1 aliphatic carbocycles. The Bertz CT molecular complexity index is 353. The summed E-state index contributed by atoms with van der Waals surface area (Å²) in [6.45, 7) is 3.58. The molecule has 5 heteroatoms. The molecule has 0 bridgehead atoms. The van der Waals surface area contributed by atoms with Crippen LogP contribution in [0.25, 0.3) is 0 Å². The highest BCUT2D eigenvalue weighted by atomic mass is 16.5. The lowest BCUT2D eigenvalue weighted by Gasteiger charge is -2.31. The Hall–Kier alpha value is -1.36. The van der Waals surface area contributed by atoms with Crippen molar-refractivity contribution in [3.05, 3.63) is 12.4 Å². The van der Waals surface area contributed by atoms with Gasteiger partial charge >= 0.3 is 0 Å². The first-order valence-electron chi connectivity index (χ1n) is 6.14. The zero-order valence-electron chi connectivity index (χ0n) is 10.1. The molecule has 1 aromatic heterocycles. The lowest BCUT2D eigenvalue weighted by atomic mass is 9.82. The van der Waals surface area contributed by atoms with E-state index in [2.05, 4.69) is 22.2 Å². The predicted molar refractivity (Wildman–Crippen MR) is 65.0 cm³/mol. The molecule has 2 rings (SSSR count). The van der Waals surface area contributed by atoms with E-state index in [1.807, 2.05) is 6.07 Å². The molecular weight excluding hydrogens is 218 g/mol. The third-order valence-electron chi connectivity index (χ3n) is 2.88. The maximum atomic E-state index is 9.18. The highest BCUT2D eigenvalue weighted by Gasteiger charge is 2.26. The van der Waals surface area contributed by atoms with Crippen LogP contribution in [0.15, 0.2) is 12.4 Å². The van der Waals surface area contributed by atoms with Crippen molar-refractivity contribution >= 4 is 5.82 Å². The van der Waals surface area contributed by atoms with Crippen molar-refractivity contribution in [3.63, 3.8) is 0 Å². The number of aliphatic hydroxyl groups excluding tert-OH is 1. The second-order valence-electron chi connectivity index (χ2n) is 4.46. The lowest BCUT2D eigenvalue weighted by Crippen LogP contribution is -2.33. The number of nitrogens with zero attached hydrogens (tertiary/aromatic N) is 2. The van der Waals surface area contributed by atoms with Crippen LogP contribution in [-0.2, 0) is 0 Å². The normalized spacial score (nSPS) is 22.9. The summed E-state index contributed by atoms with van der Waals surface area (Å²) in [4.78, 5) is 8.17. The lowest BCUT2D eigenvalue weighted by molar-refractivity contribution is 0.0486. The number of rotatable bonds is 6. The Morgan fingerprint density at radius 2 is 2.29 bits per heavy atom. The smallest absolute Gasteiger partial charge is 0.218 e. The first-order chi connectivity index (χ1) is 8.28. The Kier molecular flexibility index (Phi) is 4.14. The summed E-state index contributed by atoms with van der Waals surface area (Å²) in [5, 5.41) is 12.4. The van der Waals surface area contributed by atoms with Gasteiger partial charge in [0.1, 0.15) is 12.1 Å². The highest BCUT2D eigenvalue weighted by Crippen LogP contribution is 2.27. The average molecular weight is 237 g/mol. The Balaban J connectivity index is 1.79. The molecule has 0 radical (unpaired) electrons. The third-order valence-corrected chi connectivity index (χ3v) is 2.88. The van der Waals surface area contributed by atoms with Crippen LogP contribution in [0.3, 0.4) is 0 Å². The molecule has 0 aliphatic heterocycles. The van der Waals surface area contributed by atoms with Gasteiger partial charge in [-0.05, 0) is 25.2 Å². The maximum Gasteiger partial charge on any atom is 0.218 e. The summed E-state index contributed by atoms with van der Waals surface area (Å²) in [5.41, 5.74) is 0. The van der Waals surface area contributed by atoms with Gasteiger partial charge in [-0.25, -0.2) is 9.97 Å². The van der Waals surface area contributed by atoms with E-state index in [0.29, 0.717) is 18.4 Å². The van der Waals surface area contributed by atoms with E-state index < -0.39 is 0 Å². The van der Waals surface area contributed by atoms with E-state index in [9.17, 15) is 5.11 Å². The summed E-state index contributed by atoms with van der Waals surface area (Å²) >= 11 is 0. The molecule has 1 aromatic rings. The number of anilines is 1. The van der Waals surface area contributed by atoms with Gasteiger partial charge < -0.3 is 15.2 Å². The summed E-state index contributed by atoms with van der Waals surface area (Å²) in [5.74, 6) is 1.95. The first kappa shape index (κ1) is 12.1. The van der Waals surface area contributed by atoms with Crippen LogP contribution in [0.1, 0.15) is 26.2 Å². The van der Waals surface area contributed by atoms with E-state index in [1.165, 1.54) is 6.33 Å². The van der Waals surface area contributed by atoms with Gasteiger partial charge in [0.05, 0.1) is 12.7 Å². The molecule has 5 nitrogen and oxygen atoms in total. The molecule has 17 heavy (non-hydrogen) atoms. The number of nitrogens with one attached hydrogen (secondary N) is 1. The zero-order valence-corrected chi connectivity index (χ0v) is 10.1. The molecule has 1 saturated carbocycles. The molecule has 0 spiro atoms. The molecule has 2 N–H and O–H groups in total. The maximum absolute atomic E-state index is 9.18. The van der Waals surface area contributed by atoms with E-state index in [0.717, 1.165) is 31.6 Å². The van der Waals surface area contributed by atoms with Crippen molar-refractivity contribution in [3.8, 4) is 5.88 Å². The predicted octanol–water partition coefficient (Wildman–Crippen LogP) is 1.45. The standard InChI is InChI=1S/C12H19N3O2/c1-2-3-17-12-6-11(14-8-15-12)13-7-9-4-10(16)5-9/h6,8-10,16H,2-5,7H2,1H3,(H,13,14,15). The molecule has 0 aromatic carbocycles. The van der Waals surface area contributed by atoms with Gasteiger partial charge in [0.25, 0.3) is 0 Å². The summed E-state index contributed by atoms with van der Waals surface area (Å²) < 4.78 is 5.43. The molecule has 0 amide bonds. The second kappa shape index (κ2) is 5.82. The van der Waals surface area contributed by atoms with Crippen molar-refractivity contribution < 1.29 is 9.84 Å². The van der Waals surface area contributed by atoms with Crippen LogP contribution in [0.4, 0.5) is 5.82 Å². The van der Waals surface area contributed by atoms with Gasteiger partial charge in [-0.1, -0.05) is 6.92 Å². The van der Waals surface area contributed by atoms with Crippen molar-refractivity contribution in [1.82, 2.24) is 9.97 Å². The molecule has 1 aliphatic rings. The number of hydrogen-bond donors (Lipinski definition) is 2. The van der Waals surface area contributed by atoms with Gasteiger partial charge in [0.2, 0.25) is 5.88 Å². The SMILES string of the molecule is CCCOc1cc(NCC2CC(O)C2)ncn1. The fourth-order valence-electron chi connectivity index (χ4n) is 1.84. The van der Waals surface area contributed by atoms with Gasteiger partial charge in [-0.2, -0.15) is 0 Å². The highest BCUT2D eigenvalue weighted by molar-refractivity contribution is 5.37. The fourth-order valence-corrected chi connectivity index (χ4v) is 1.84. The van der Waals surface area contributed by atoms with Crippen molar-refractivity contribution in [2.75, 3.05) is 18.5 Å². The van der Waals surface area contributed by atoms with Gasteiger partial charge in [-0.3, -0.25) is 0 Å². The van der Waals surface area contributed by atoms with Crippen LogP contribution < -0.4 is 10.1 Å². The van der Waals surface area contributed by atoms with Crippen LogP contribution in [0.5, 0.6) is 5.88 Å². The number of ether oxygens (including phenoxy) is 1. The van der Waals surface area contributed by atoms with Gasteiger partial charge in [0, 0.05) is 12.6 Å². The van der Waals surface area contributed by atoms with Crippen molar-refractivity contribution in [1.29, 1.82) is 0 Å². The quantitative estimate of drug-likeness (QED) is 0.783. The van der Waals surface area contributed by atoms with Gasteiger partial charge in [0.15, 0.2) is 0 Å². The Labute approximate surface area is 101 Å². The number of aromatic nitrogens is 2. The Morgan fingerprint density at radius 1 is 1.47 bits per heavy atom. The minimum absolute atomic E-state index is 0.101. The second-order valence-corrected chi connectivity index (χ2v) is 4.46. The Morgan fingerprint density at radius 3 is 3.00 bits per heavy atom. The summed E-state index contributed by atoms with van der Waals surface area (Å²) in [7, 11) is 0.